The lowest BCUT2D eigenvalue weighted by Gasteiger charge is -2.42. The van der Waals surface area contributed by atoms with Gasteiger partial charge in [0, 0.05) is 25.4 Å². The number of rotatable bonds is 5. The minimum atomic E-state index is -0.502. The summed E-state index contributed by atoms with van der Waals surface area (Å²) in [5, 5.41) is 9.95. The lowest BCUT2D eigenvalue weighted by molar-refractivity contribution is -0.00530. The predicted molar refractivity (Wildman–Crippen MR) is 59.2 cm³/mol. The molecule has 1 rings (SSSR count). The predicted octanol–water partition coefficient (Wildman–Crippen LogP) is 1.44. The van der Waals surface area contributed by atoms with Crippen LogP contribution in [0.3, 0.4) is 0 Å². The molecule has 0 aliphatic carbocycles. The second-order valence-corrected chi connectivity index (χ2v) is 5.26. The monoisotopic (exact) mass is 203 g/mol. The molecule has 1 atom stereocenters. The fourth-order valence-corrected chi connectivity index (χ4v) is 2.62. The van der Waals surface area contributed by atoms with E-state index in [1.807, 2.05) is 13.2 Å². The molecule has 78 valence electrons. The van der Waals surface area contributed by atoms with Crippen LogP contribution < -0.4 is 0 Å². The zero-order valence-corrected chi connectivity index (χ0v) is 9.73. The van der Waals surface area contributed by atoms with Crippen LogP contribution in [0.15, 0.2) is 0 Å². The van der Waals surface area contributed by atoms with E-state index < -0.39 is 5.60 Å². The minimum Gasteiger partial charge on any atom is -0.388 e. The lowest BCUT2D eigenvalue weighted by Crippen LogP contribution is -2.53. The SMILES string of the molecule is CCC1CN(CC(C)(O)CSC)C1. The molecule has 1 heterocycles. The van der Waals surface area contributed by atoms with Crippen molar-refractivity contribution >= 4 is 11.8 Å². The maximum atomic E-state index is 9.95. The topological polar surface area (TPSA) is 23.5 Å². The van der Waals surface area contributed by atoms with E-state index in [1.165, 1.54) is 19.5 Å². The van der Waals surface area contributed by atoms with Crippen LogP contribution in [0.4, 0.5) is 0 Å². The Labute approximate surface area is 85.7 Å². The highest BCUT2D eigenvalue weighted by Crippen LogP contribution is 2.22. The Hall–Kier alpha value is 0.270. The fourth-order valence-electron chi connectivity index (χ4n) is 1.90. The first-order valence-corrected chi connectivity index (χ1v) is 6.40. The summed E-state index contributed by atoms with van der Waals surface area (Å²) in [6.07, 6.45) is 3.32. The molecule has 0 saturated carbocycles. The maximum Gasteiger partial charge on any atom is 0.0835 e. The molecule has 0 aromatic carbocycles. The Morgan fingerprint density at radius 2 is 2.15 bits per heavy atom. The molecule has 1 saturated heterocycles. The van der Waals surface area contributed by atoms with Crippen LogP contribution in [0.5, 0.6) is 0 Å². The number of hydrogen-bond acceptors (Lipinski definition) is 3. The molecule has 1 aliphatic heterocycles. The van der Waals surface area contributed by atoms with E-state index in [2.05, 4.69) is 11.8 Å². The van der Waals surface area contributed by atoms with Gasteiger partial charge in [0.15, 0.2) is 0 Å². The number of nitrogens with zero attached hydrogens (tertiary/aromatic N) is 1. The number of hydrogen-bond donors (Lipinski definition) is 1. The van der Waals surface area contributed by atoms with Crippen molar-refractivity contribution in [3.63, 3.8) is 0 Å². The average molecular weight is 203 g/mol. The molecular formula is C10H21NOS. The van der Waals surface area contributed by atoms with Crippen molar-refractivity contribution in [2.24, 2.45) is 5.92 Å². The first-order chi connectivity index (χ1) is 6.07. The van der Waals surface area contributed by atoms with Gasteiger partial charge in [-0.15, -0.1) is 0 Å². The second-order valence-electron chi connectivity index (χ2n) is 4.40. The van der Waals surface area contributed by atoms with Gasteiger partial charge >= 0.3 is 0 Å². The minimum absolute atomic E-state index is 0.502. The van der Waals surface area contributed by atoms with E-state index in [1.54, 1.807) is 11.8 Å². The van der Waals surface area contributed by atoms with Crippen molar-refractivity contribution in [3.8, 4) is 0 Å². The number of β-amino-alcohol motifs (C(OH)–C–C–N with tert-alkyl or cyclic N) is 1. The van der Waals surface area contributed by atoms with Crippen molar-refractivity contribution in [1.82, 2.24) is 4.90 Å². The molecule has 3 heteroatoms. The fraction of sp³-hybridized carbons (Fsp3) is 1.00. The van der Waals surface area contributed by atoms with Gasteiger partial charge in [0.1, 0.15) is 0 Å². The third-order valence-corrected chi connectivity index (χ3v) is 3.54. The second kappa shape index (κ2) is 4.67. The molecule has 0 spiro atoms. The van der Waals surface area contributed by atoms with Crippen molar-refractivity contribution in [2.45, 2.75) is 25.9 Å². The first kappa shape index (κ1) is 11.3. The Balaban J connectivity index is 2.18. The molecule has 1 N–H and O–H groups in total. The van der Waals surface area contributed by atoms with Gasteiger partial charge in [0.25, 0.3) is 0 Å². The molecule has 0 bridgehead atoms. The summed E-state index contributed by atoms with van der Waals surface area (Å²) in [5.41, 5.74) is -0.502. The van der Waals surface area contributed by atoms with Crippen molar-refractivity contribution in [1.29, 1.82) is 0 Å². The summed E-state index contributed by atoms with van der Waals surface area (Å²) in [5.74, 6) is 1.71. The smallest absolute Gasteiger partial charge is 0.0835 e. The third kappa shape index (κ3) is 3.49. The maximum absolute atomic E-state index is 9.95. The van der Waals surface area contributed by atoms with E-state index in [-0.39, 0.29) is 0 Å². The van der Waals surface area contributed by atoms with Gasteiger partial charge in [-0.3, -0.25) is 4.90 Å². The van der Waals surface area contributed by atoms with E-state index in [4.69, 9.17) is 0 Å². The molecule has 0 amide bonds. The van der Waals surface area contributed by atoms with Gasteiger partial charge in [-0.25, -0.2) is 0 Å². The number of thioether (sulfide) groups is 1. The van der Waals surface area contributed by atoms with Crippen molar-refractivity contribution in [2.75, 3.05) is 31.6 Å². The molecule has 0 aromatic heterocycles. The van der Waals surface area contributed by atoms with E-state index in [9.17, 15) is 5.11 Å². The van der Waals surface area contributed by atoms with E-state index in [0.717, 1.165) is 18.2 Å². The van der Waals surface area contributed by atoms with Crippen molar-refractivity contribution in [3.05, 3.63) is 0 Å². The zero-order valence-electron chi connectivity index (χ0n) is 8.92. The average Bonchev–Trinajstić information content (AvgIpc) is 1.95. The van der Waals surface area contributed by atoms with Crippen LogP contribution in [0.2, 0.25) is 0 Å². The van der Waals surface area contributed by atoms with Gasteiger partial charge in [0.05, 0.1) is 5.60 Å². The van der Waals surface area contributed by atoms with E-state index >= 15 is 0 Å². The third-order valence-electron chi connectivity index (χ3n) is 2.63. The molecule has 13 heavy (non-hydrogen) atoms. The molecule has 1 unspecified atom stereocenters. The van der Waals surface area contributed by atoms with Crippen LogP contribution in [0, 0.1) is 5.92 Å². The number of likely N-dealkylation sites (tertiary alicyclic amines) is 1. The number of aliphatic hydroxyl groups is 1. The summed E-state index contributed by atoms with van der Waals surface area (Å²) < 4.78 is 0. The normalized spacial score (nSPS) is 24.0. The summed E-state index contributed by atoms with van der Waals surface area (Å²) in [7, 11) is 0. The Kier molecular flexibility index (Phi) is 4.07. The Morgan fingerprint density at radius 3 is 2.62 bits per heavy atom. The van der Waals surface area contributed by atoms with Crippen LogP contribution in [0.1, 0.15) is 20.3 Å². The summed E-state index contributed by atoms with van der Waals surface area (Å²) in [6, 6.07) is 0. The summed E-state index contributed by atoms with van der Waals surface area (Å²) >= 11 is 1.72. The first-order valence-electron chi connectivity index (χ1n) is 5.01. The molecule has 2 nitrogen and oxygen atoms in total. The van der Waals surface area contributed by atoms with Crippen LogP contribution in [-0.4, -0.2) is 47.3 Å². The molecular weight excluding hydrogens is 182 g/mol. The summed E-state index contributed by atoms with van der Waals surface area (Å²) in [4.78, 5) is 2.35. The quantitative estimate of drug-likeness (QED) is 0.731. The Morgan fingerprint density at radius 1 is 1.54 bits per heavy atom. The van der Waals surface area contributed by atoms with Gasteiger partial charge in [0.2, 0.25) is 0 Å². The van der Waals surface area contributed by atoms with Crippen LogP contribution in [-0.2, 0) is 0 Å². The lowest BCUT2D eigenvalue weighted by atomic mass is 9.95. The highest BCUT2D eigenvalue weighted by molar-refractivity contribution is 7.98. The van der Waals surface area contributed by atoms with Crippen LogP contribution >= 0.6 is 11.8 Å². The largest absolute Gasteiger partial charge is 0.388 e. The highest BCUT2D eigenvalue weighted by Gasteiger charge is 2.31. The molecule has 1 aliphatic rings. The Bertz CT molecular complexity index is 155. The van der Waals surface area contributed by atoms with Crippen LogP contribution in [0.25, 0.3) is 0 Å². The van der Waals surface area contributed by atoms with Crippen molar-refractivity contribution < 1.29 is 5.11 Å². The molecule has 0 aromatic rings. The highest BCUT2D eigenvalue weighted by atomic mass is 32.2. The zero-order chi connectivity index (χ0) is 9.90. The standard InChI is InChI=1S/C10H21NOS/c1-4-9-5-11(6-9)7-10(2,12)8-13-3/h9,12H,4-8H2,1-3H3. The molecule has 1 fully saturated rings. The van der Waals surface area contributed by atoms with Gasteiger partial charge in [-0.2, -0.15) is 11.8 Å². The van der Waals surface area contributed by atoms with Gasteiger partial charge < -0.3 is 5.11 Å². The summed E-state index contributed by atoms with van der Waals surface area (Å²) in [6.45, 7) is 7.37. The van der Waals surface area contributed by atoms with Gasteiger partial charge in [-0.05, 0) is 19.1 Å². The van der Waals surface area contributed by atoms with Gasteiger partial charge in [-0.1, -0.05) is 13.3 Å². The molecule has 0 radical (unpaired) electrons. The van der Waals surface area contributed by atoms with E-state index in [0.29, 0.717) is 0 Å².